The fraction of sp³-hybridized carbons (Fsp3) is 0.562. The molecule has 1 amide bonds. The van der Waals surface area contributed by atoms with Crippen molar-refractivity contribution >= 4 is 5.91 Å². The van der Waals surface area contributed by atoms with E-state index in [9.17, 15) is 4.79 Å². The lowest BCUT2D eigenvalue weighted by atomic mass is 9.67. The van der Waals surface area contributed by atoms with Crippen LogP contribution in [0.1, 0.15) is 38.2 Å². The molecule has 104 valence electrons. The molecule has 2 rings (SSSR count). The lowest BCUT2D eigenvalue weighted by Crippen LogP contribution is -2.48. The fourth-order valence-electron chi connectivity index (χ4n) is 2.70. The highest BCUT2D eigenvalue weighted by molar-refractivity contribution is 5.81. The van der Waals surface area contributed by atoms with Gasteiger partial charge >= 0.3 is 0 Å². The van der Waals surface area contributed by atoms with Gasteiger partial charge in [-0.3, -0.25) is 4.79 Å². The topological polar surface area (TPSA) is 55.1 Å². The molecule has 0 spiro atoms. The van der Waals surface area contributed by atoms with E-state index in [0.29, 0.717) is 11.8 Å². The summed E-state index contributed by atoms with van der Waals surface area (Å²) in [6, 6.07) is 9.48. The lowest BCUT2D eigenvalue weighted by molar-refractivity contribution is -0.123. The van der Waals surface area contributed by atoms with Crippen molar-refractivity contribution in [1.29, 1.82) is 0 Å². The van der Waals surface area contributed by atoms with Crippen LogP contribution in [-0.4, -0.2) is 18.5 Å². The molecule has 1 saturated carbocycles. The van der Waals surface area contributed by atoms with Crippen molar-refractivity contribution in [3.63, 3.8) is 0 Å². The third-order valence-electron chi connectivity index (χ3n) is 4.44. The summed E-state index contributed by atoms with van der Waals surface area (Å²) in [6.45, 7) is 2.99. The number of nitrogens with one attached hydrogen (secondary N) is 1. The predicted molar refractivity (Wildman–Crippen MR) is 77.7 cm³/mol. The summed E-state index contributed by atoms with van der Waals surface area (Å²) in [7, 11) is 0. The fourth-order valence-corrected chi connectivity index (χ4v) is 2.70. The van der Waals surface area contributed by atoms with E-state index in [1.807, 2.05) is 30.3 Å². The van der Waals surface area contributed by atoms with E-state index in [1.54, 1.807) is 0 Å². The Labute approximate surface area is 115 Å². The smallest absolute Gasteiger partial charge is 0.237 e. The molecule has 1 atom stereocenters. The van der Waals surface area contributed by atoms with Crippen LogP contribution in [0.4, 0.5) is 0 Å². The van der Waals surface area contributed by atoms with E-state index in [4.69, 9.17) is 5.73 Å². The number of amides is 1. The zero-order chi connectivity index (χ0) is 13.7. The van der Waals surface area contributed by atoms with Crippen LogP contribution < -0.4 is 11.1 Å². The van der Waals surface area contributed by atoms with E-state index in [-0.39, 0.29) is 5.91 Å². The van der Waals surface area contributed by atoms with E-state index in [0.717, 1.165) is 18.5 Å². The van der Waals surface area contributed by atoms with Gasteiger partial charge in [-0.2, -0.15) is 0 Å². The molecule has 0 aliphatic heterocycles. The Morgan fingerprint density at radius 3 is 2.58 bits per heavy atom. The third-order valence-corrected chi connectivity index (χ3v) is 4.44. The summed E-state index contributed by atoms with van der Waals surface area (Å²) in [6.07, 6.45) is 5.50. The Bertz CT molecular complexity index is 407. The van der Waals surface area contributed by atoms with Crippen LogP contribution in [0.5, 0.6) is 0 Å². The quantitative estimate of drug-likeness (QED) is 0.824. The number of carbonyl (C=O) groups is 1. The minimum atomic E-state index is -0.448. The highest BCUT2D eigenvalue weighted by Crippen LogP contribution is 2.42. The van der Waals surface area contributed by atoms with Crippen molar-refractivity contribution in [3.05, 3.63) is 35.9 Å². The van der Waals surface area contributed by atoms with Crippen molar-refractivity contribution in [2.75, 3.05) is 6.54 Å². The van der Waals surface area contributed by atoms with Crippen LogP contribution in [0.25, 0.3) is 0 Å². The second-order valence-electron chi connectivity index (χ2n) is 5.72. The first-order valence-electron chi connectivity index (χ1n) is 7.22. The highest BCUT2D eigenvalue weighted by atomic mass is 16.2. The highest BCUT2D eigenvalue weighted by Gasteiger charge is 2.35. The lowest BCUT2D eigenvalue weighted by Gasteiger charge is -2.41. The van der Waals surface area contributed by atoms with Crippen molar-refractivity contribution in [2.24, 2.45) is 11.1 Å². The maximum Gasteiger partial charge on any atom is 0.237 e. The molecule has 0 aromatic heterocycles. The van der Waals surface area contributed by atoms with Gasteiger partial charge in [0.15, 0.2) is 0 Å². The number of rotatable bonds is 6. The standard InChI is InChI=1S/C16H24N2O/c1-2-16(9-6-10-16)12-18-15(19)14(17)11-13-7-4-3-5-8-13/h3-5,7-8,14H,2,6,9-12,17H2,1H3,(H,18,19)/t14-/m1/s1. The van der Waals surface area contributed by atoms with E-state index < -0.39 is 6.04 Å². The molecular weight excluding hydrogens is 236 g/mol. The number of benzene rings is 1. The summed E-state index contributed by atoms with van der Waals surface area (Å²) in [5.74, 6) is -0.0245. The van der Waals surface area contributed by atoms with Gasteiger partial charge in [-0.1, -0.05) is 43.7 Å². The van der Waals surface area contributed by atoms with Gasteiger partial charge in [0, 0.05) is 6.54 Å². The molecule has 1 aromatic carbocycles. The van der Waals surface area contributed by atoms with Gasteiger partial charge in [-0.15, -0.1) is 0 Å². The van der Waals surface area contributed by atoms with Gasteiger partial charge in [-0.25, -0.2) is 0 Å². The van der Waals surface area contributed by atoms with Gasteiger partial charge in [0.25, 0.3) is 0 Å². The minimum Gasteiger partial charge on any atom is -0.354 e. The molecule has 3 N–H and O–H groups in total. The Morgan fingerprint density at radius 2 is 2.05 bits per heavy atom. The second-order valence-corrected chi connectivity index (χ2v) is 5.72. The van der Waals surface area contributed by atoms with E-state index >= 15 is 0 Å². The molecular formula is C16H24N2O. The predicted octanol–water partition coefficient (Wildman–Crippen LogP) is 2.25. The average molecular weight is 260 g/mol. The summed E-state index contributed by atoms with van der Waals surface area (Å²) < 4.78 is 0. The molecule has 0 radical (unpaired) electrons. The molecule has 1 aromatic rings. The van der Waals surface area contributed by atoms with E-state index in [1.165, 1.54) is 19.3 Å². The molecule has 3 heteroatoms. The molecule has 0 saturated heterocycles. The number of carbonyl (C=O) groups excluding carboxylic acids is 1. The molecule has 19 heavy (non-hydrogen) atoms. The van der Waals surface area contributed by atoms with Gasteiger partial charge in [0.2, 0.25) is 5.91 Å². The van der Waals surface area contributed by atoms with Crippen molar-refractivity contribution in [3.8, 4) is 0 Å². The van der Waals surface area contributed by atoms with Crippen LogP contribution in [0.2, 0.25) is 0 Å². The van der Waals surface area contributed by atoms with Gasteiger partial charge in [0.05, 0.1) is 6.04 Å². The van der Waals surface area contributed by atoms with Gasteiger partial charge < -0.3 is 11.1 Å². The molecule has 0 heterocycles. The summed E-state index contributed by atoms with van der Waals surface area (Å²) in [5, 5.41) is 3.03. The minimum absolute atomic E-state index is 0.0245. The molecule has 0 unspecified atom stereocenters. The Kier molecular flexibility index (Phi) is 4.59. The normalized spacial score (nSPS) is 18.4. The third kappa shape index (κ3) is 3.57. The first-order valence-corrected chi connectivity index (χ1v) is 7.22. The SMILES string of the molecule is CCC1(CNC(=O)[C@H](N)Cc2ccccc2)CCC1. The second kappa shape index (κ2) is 6.20. The number of hydrogen-bond acceptors (Lipinski definition) is 2. The van der Waals surface area contributed by atoms with Crippen LogP contribution >= 0.6 is 0 Å². The van der Waals surface area contributed by atoms with Crippen molar-refractivity contribution < 1.29 is 4.79 Å². The zero-order valence-corrected chi connectivity index (χ0v) is 11.7. The summed E-state index contributed by atoms with van der Waals surface area (Å²) in [4.78, 5) is 12.0. The first-order chi connectivity index (χ1) is 9.15. The molecule has 3 nitrogen and oxygen atoms in total. The number of hydrogen-bond donors (Lipinski definition) is 2. The number of nitrogens with two attached hydrogens (primary N) is 1. The van der Waals surface area contributed by atoms with Crippen LogP contribution in [0, 0.1) is 5.41 Å². The maximum absolute atomic E-state index is 12.0. The summed E-state index contributed by atoms with van der Waals surface area (Å²) in [5.41, 5.74) is 7.43. The van der Waals surface area contributed by atoms with Gasteiger partial charge in [-0.05, 0) is 36.7 Å². The maximum atomic E-state index is 12.0. The monoisotopic (exact) mass is 260 g/mol. The average Bonchev–Trinajstić information content (AvgIpc) is 2.39. The molecule has 1 aliphatic carbocycles. The first kappa shape index (κ1) is 14.1. The summed E-state index contributed by atoms with van der Waals surface area (Å²) >= 11 is 0. The molecule has 0 bridgehead atoms. The molecule has 1 aliphatic rings. The molecule has 1 fully saturated rings. The Hall–Kier alpha value is -1.35. The Balaban J connectivity index is 1.79. The largest absolute Gasteiger partial charge is 0.354 e. The van der Waals surface area contributed by atoms with Crippen LogP contribution in [0.15, 0.2) is 30.3 Å². The van der Waals surface area contributed by atoms with Crippen LogP contribution in [0.3, 0.4) is 0 Å². The van der Waals surface area contributed by atoms with Crippen molar-refractivity contribution in [1.82, 2.24) is 5.32 Å². The van der Waals surface area contributed by atoms with E-state index in [2.05, 4.69) is 12.2 Å². The Morgan fingerprint density at radius 1 is 1.37 bits per heavy atom. The van der Waals surface area contributed by atoms with Crippen LogP contribution in [-0.2, 0) is 11.2 Å². The zero-order valence-electron chi connectivity index (χ0n) is 11.7. The van der Waals surface area contributed by atoms with Crippen molar-refractivity contribution in [2.45, 2.75) is 45.1 Å². The van der Waals surface area contributed by atoms with Gasteiger partial charge in [0.1, 0.15) is 0 Å².